The molecule has 2 aromatic rings. The number of carbonyl (C=O) groups excluding carboxylic acids is 2. The molecular formula is C13H15N3O2S2. The predicted octanol–water partition coefficient (Wildman–Crippen LogP) is 2.86. The van der Waals surface area contributed by atoms with E-state index in [0.717, 1.165) is 10.6 Å². The molecular weight excluding hydrogens is 294 g/mol. The number of hydrogen-bond acceptors (Lipinski definition) is 6. The highest BCUT2D eigenvalue weighted by Crippen LogP contribution is 2.20. The largest absolute Gasteiger partial charge is 0.347 e. The van der Waals surface area contributed by atoms with Crippen molar-refractivity contribution in [3.8, 4) is 0 Å². The summed E-state index contributed by atoms with van der Waals surface area (Å²) in [6.45, 7) is 5.99. The summed E-state index contributed by atoms with van der Waals surface area (Å²) in [7, 11) is 0. The van der Waals surface area contributed by atoms with Gasteiger partial charge in [0.15, 0.2) is 5.78 Å². The van der Waals surface area contributed by atoms with Crippen molar-refractivity contribution in [2.75, 3.05) is 0 Å². The molecule has 0 saturated carbocycles. The fourth-order valence-electron chi connectivity index (χ4n) is 1.68. The van der Waals surface area contributed by atoms with Gasteiger partial charge in [-0.2, -0.15) is 0 Å². The van der Waals surface area contributed by atoms with E-state index in [1.165, 1.54) is 29.8 Å². The molecule has 0 aliphatic rings. The minimum atomic E-state index is -0.183. The monoisotopic (exact) mass is 309 g/mol. The topological polar surface area (TPSA) is 72.0 Å². The van der Waals surface area contributed by atoms with Crippen LogP contribution in [0.5, 0.6) is 0 Å². The third-order valence-corrected chi connectivity index (χ3v) is 4.52. The average molecular weight is 309 g/mol. The number of nitrogens with zero attached hydrogens (tertiary/aromatic N) is 2. The molecule has 0 atom stereocenters. The van der Waals surface area contributed by atoms with Gasteiger partial charge in [0.25, 0.3) is 5.91 Å². The summed E-state index contributed by atoms with van der Waals surface area (Å²) >= 11 is 2.58. The first kappa shape index (κ1) is 14.8. The van der Waals surface area contributed by atoms with Gasteiger partial charge in [-0.05, 0) is 30.4 Å². The lowest BCUT2D eigenvalue weighted by Crippen LogP contribution is -2.22. The Morgan fingerprint density at radius 3 is 2.75 bits per heavy atom. The fourth-order valence-corrected chi connectivity index (χ4v) is 3.20. The maximum absolute atomic E-state index is 12.0. The van der Waals surface area contributed by atoms with Crippen LogP contribution in [0.1, 0.15) is 57.3 Å². The van der Waals surface area contributed by atoms with Crippen LogP contribution in [0.3, 0.4) is 0 Å². The molecule has 0 aliphatic carbocycles. The first-order chi connectivity index (χ1) is 9.49. The highest BCUT2D eigenvalue weighted by Gasteiger charge is 2.14. The van der Waals surface area contributed by atoms with E-state index in [2.05, 4.69) is 14.9 Å². The number of ketones is 1. The van der Waals surface area contributed by atoms with Crippen LogP contribution < -0.4 is 5.32 Å². The van der Waals surface area contributed by atoms with E-state index in [4.69, 9.17) is 0 Å². The van der Waals surface area contributed by atoms with E-state index in [-0.39, 0.29) is 17.6 Å². The molecule has 0 bridgehead atoms. The van der Waals surface area contributed by atoms with Crippen molar-refractivity contribution in [1.82, 2.24) is 14.9 Å². The third kappa shape index (κ3) is 3.29. The Balaban J connectivity index is 2.01. The smallest absolute Gasteiger partial charge is 0.252 e. The summed E-state index contributed by atoms with van der Waals surface area (Å²) in [5.41, 5.74) is 1.44. The Labute approximate surface area is 125 Å². The van der Waals surface area contributed by atoms with Gasteiger partial charge in [0.1, 0.15) is 0 Å². The predicted molar refractivity (Wildman–Crippen MR) is 79.5 cm³/mol. The first-order valence-electron chi connectivity index (χ1n) is 6.17. The summed E-state index contributed by atoms with van der Waals surface area (Å²) in [6, 6.07) is 1.62. The Bertz CT molecular complexity index is 631. The molecule has 0 fully saturated rings. The van der Waals surface area contributed by atoms with E-state index in [1.54, 1.807) is 11.4 Å². The van der Waals surface area contributed by atoms with Crippen LogP contribution in [0.2, 0.25) is 0 Å². The quantitative estimate of drug-likeness (QED) is 0.862. The van der Waals surface area contributed by atoms with Gasteiger partial charge in [-0.25, -0.2) is 0 Å². The zero-order chi connectivity index (χ0) is 14.7. The van der Waals surface area contributed by atoms with E-state index in [1.807, 2.05) is 13.8 Å². The van der Waals surface area contributed by atoms with Crippen LogP contribution in [0.25, 0.3) is 0 Å². The minimum absolute atomic E-state index is 0.0252. The Morgan fingerprint density at radius 2 is 2.15 bits per heavy atom. The molecule has 5 nitrogen and oxygen atoms in total. The summed E-state index contributed by atoms with van der Waals surface area (Å²) in [6.07, 6.45) is 0. The van der Waals surface area contributed by atoms with Gasteiger partial charge in [0.05, 0.1) is 27.6 Å². The number of Topliss-reactive ketones (excluding diaryl/α,β-unsaturated/α-hetero) is 1. The van der Waals surface area contributed by atoms with E-state index < -0.39 is 0 Å². The molecule has 1 N–H and O–H groups in total. The Kier molecular flexibility index (Phi) is 4.61. The van der Waals surface area contributed by atoms with Gasteiger partial charge in [0.2, 0.25) is 0 Å². The third-order valence-electron chi connectivity index (χ3n) is 2.75. The highest BCUT2D eigenvalue weighted by molar-refractivity contribution is 7.12. The van der Waals surface area contributed by atoms with Crippen molar-refractivity contribution in [2.45, 2.75) is 33.2 Å². The van der Waals surface area contributed by atoms with Crippen LogP contribution in [0.4, 0.5) is 0 Å². The zero-order valence-electron chi connectivity index (χ0n) is 11.5. The molecule has 2 heterocycles. The molecule has 0 aliphatic heterocycles. The van der Waals surface area contributed by atoms with Gasteiger partial charge in [-0.3, -0.25) is 9.59 Å². The van der Waals surface area contributed by atoms with E-state index in [0.29, 0.717) is 17.0 Å². The van der Waals surface area contributed by atoms with Crippen molar-refractivity contribution < 1.29 is 9.59 Å². The molecule has 106 valence electrons. The van der Waals surface area contributed by atoms with Crippen molar-refractivity contribution in [3.63, 3.8) is 0 Å². The molecule has 0 radical (unpaired) electrons. The minimum Gasteiger partial charge on any atom is -0.347 e. The van der Waals surface area contributed by atoms with Crippen LogP contribution in [0, 0.1) is 0 Å². The van der Waals surface area contributed by atoms with Gasteiger partial charge < -0.3 is 5.32 Å². The number of rotatable bonds is 5. The standard InChI is InChI=1S/C13H15N3O2S2/c1-7(2)12-11(20-16-15-12)5-14-13(18)9-4-10(8(3)17)19-6-9/h4,6-7H,5H2,1-3H3,(H,14,18). The van der Waals surface area contributed by atoms with Crippen LogP contribution in [-0.4, -0.2) is 21.3 Å². The summed E-state index contributed by atoms with van der Waals surface area (Å²) in [5.74, 6) is 0.0748. The number of thiophene rings is 1. The van der Waals surface area contributed by atoms with E-state index >= 15 is 0 Å². The molecule has 0 saturated heterocycles. The van der Waals surface area contributed by atoms with Crippen molar-refractivity contribution in [2.24, 2.45) is 0 Å². The lowest BCUT2D eigenvalue weighted by Gasteiger charge is -2.05. The SMILES string of the molecule is CC(=O)c1cc(C(=O)NCc2snnc2C(C)C)cs1. The van der Waals surface area contributed by atoms with Crippen molar-refractivity contribution in [3.05, 3.63) is 32.5 Å². The van der Waals surface area contributed by atoms with Gasteiger partial charge in [0, 0.05) is 5.38 Å². The van der Waals surface area contributed by atoms with Gasteiger partial charge >= 0.3 is 0 Å². The lowest BCUT2D eigenvalue weighted by atomic mass is 10.1. The summed E-state index contributed by atoms with van der Waals surface area (Å²) < 4.78 is 3.92. The molecule has 0 spiro atoms. The maximum atomic E-state index is 12.0. The van der Waals surface area contributed by atoms with Crippen LogP contribution in [0.15, 0.2) is 11.4 Å². The summed E-state index contributed by atoms with van der Waals surface area (Å²) in [5, 5.41) is 8.60. The number of hydrogen-bond donors (Lipinski definition) is 1. The maximum Gasteiger partial charge on any atom is 0.252 e. The Hall–Kier alpha value is -1.60. The molecule has 0 aromatic carbocycles. The van der Waals surface area contributed by atoms with E-state index in [9.17, 15) is 9.59 Å². The number of carbonyl (C=O) groups is 2. The van der Waals surface area contributed by atoms with Crippen molar-refractivity contribution >= 4 is 34.6 Å². The molecule has 1 amide bonds. The molecule has 7 heteroatoms. The zero-order valence-corrected chi connectivity index (χ0v) is 13.1. The lowest BCUT2D eigenvalue weighted by molar-refractivity contribution is 0.0951. The Morgan fingerprint density at radius 1 is 1.40 bits per heavy atom. The van der Waals surface area contributed by atoms with Gasteiger partial charge in [-0.1, -0.05) is 18.3 Å². The second-order valence-corrected chi connectivity index (χ2v) is 6.42. The average Bonchev–Trinajstić information content (AvgIpc) is 3.04. The number of amides is 1. The molecule has 2 rings (SSSR count). The molecule has 0 unspecified atom stereocenters. The fraction of sp³-hybridized carbons (Fsp3) is 0.385. The molecule has 20 heavy (non-hydrogen) atoms. The van der Waals surface area contributed by atoms with Crippen LogP contribution >= 0.6 is 22.9 Å². The second kappa shape index (κ2) is 6.23. The number of aromatic nitrogens is 2. The van der Waals surface area contributed by atoms with Crippen molar-refractivity contribution in [1.29, 1.82) is 0 Å². The molecule has 2 aromatic heterocycles. The summed E-state index contributed by atoms with van der Waals surface area (Å²) in [4.78, 5) is 24.8. The number of nitrogens with one attached hydrogen (secondary N) is 1. The van der Waals surface area contributed by atoms with Crippen LogP contribution in [-0.2, 0) is 6.54 Å². The first-order valence-corrected chi connectivity index (χ1v) is 7.83. The normalized spacial score (nSPS) is 10.8. The van der Waals surface area contributed by atoms with Gasteiger partial charge in [-0.15, -0.1) is 16.4 Å². The highest BCUT2D eigenvalue weighted by atomic mass is 32.1. The second-order valence-electron chi connectivity index (χ2n) is 4.67.